The van der Waals surface area contributed by atoms with Gasteiger partial charge in [-0.05, 0) is 44.2 Å². The monoisotopic (exact) mass is 199 g/mol. The predicted octanol–water partition coefficient (Wildman–Crippen LogP) is 3.42. The van der Waals surface area contributed by atoms with Crippen molar-refractivity contribution in [2.75, 3.05) is 0 Å². The second kappa shape index (κ2) is 3.69. The maximum absolute atomic E-state index is 4.67. The third-order valence-electron chi connectivity index (χ3n) is 3.23. The van der Waals surface area contributed by atoms with E-state index in [4.69, 9.17) is 0 Å². The summed E-state index contributed by atoms with van der Waals surface area (Å²) in [7, 11) is 0. The van der Waals surface area contributed by atoms with E-state index in [2.05, 4.69) is 34.6 Å². The van der Waals surface area contributed by atoms with Crippen LogP contribution in [0.15, 0.2) is 24.3 Å². The van der Waals surface area contributed by atoms with Gasteiger partial charge in [-0.1, -0.05) is 12.1 Å². The normalized spacial score (nSPS) is 18.4. The molecule has 2 heteroatoms. The molecule has 1 aromatic heterocycles. The lowest BCUT2D eigenvalue weighted by molar-refractivity contribution is 0.494. The fourth-order valence-corrected chi connectivity index (χ4v) is 2.37. The number of benzene rings is 1. The van der Waals surface area contributed by atoms with E-state index in [9.17, 15) is 0 Å². The molecule has 2 aromatic rings. The lowest BCUT2D eigenvalue weighted by Gasteiger charge is -2.18. The predicted molar refractivity (Wildman–Crippen MR) is 61.6 cm³/mol. The van der Waals surface area contributed by atoms with Gasteiger partial charge < -0.3 is 4.98 Å². The van der Waals surface area contributed by atoms with Crippen molar-refractivity contribution < 1.29 is 0 Å². The van der Waals surface area contributed by atoms with Gasteiger partial charge in [0.1, 0.15) is 5.82 Å². The SMILES string of the molecule is [CH]1CCC(c2nc3ccccc3[nH]2)CC1. The molecule has 15 heavy (non-hydrogen) atoms. The van der Waals surface area contributed by atoms with Crippen molar-refractivity contribution in [1.29, 1.82) is 0 Å². The Hall–Kier alpha value is -1.31. The molecule has 1 saturated carbocycles. The molecule has 1 radical (unpaired) electrons. The van der Waals surface area contributed by atoms with Gasteiger partial charge in [0, 0.05) is 5.92 Å². The highest BCUT2D eigenvalue weighted by molar-refractivity contribution is 5.74. The van der Waals surface area contributed by atoms with E-state index < -0.39 is 0 Å². The Balaban J connectivity index is 1.96. The van der Waals surface area contributed by atoms with Gasteiger partial charge in [0.2, 0.25) is 0 Å². The number of para-hydroxylation sites is 2. The van der Waals surface area contributed by atoms with Crippen LogP contribution in [0.5, 0.6) is 0 Å². The van der Waals surface area contributed by atoms with E-state index in [1.54, 1.807) is 0 Å². The van der Waals surface area contributed by atoms with Crippen molar-refractivity contribution in [1.82, 2.24) is 9.97 Å². The Labute approximate surface area is 89.7 Å². The van der Waals surface area contributed by atoms with E-state index in [1.807, 2.05) is 6.07 Å². The molecule has 2 nitrogen and oxygen atoms in total. The second-order valence-electron chi connectivity index (χ2n) is 4.28. The number of hydrogen-bond acceptors (Lipinski definition) is 1. The third kappa shape index (κ3) is 1.65. The summed E-state index contributed by atoms with van der Waals surface area (Å²) < 4.78 is 0. The van der Waals surface area contributed by atoms with Crippen LogP contribution in [0.3, 0.4) is 0 Å². The Bertz CT molecular complexity index is 419. The maximum Gasteiger partial charge on any atom is 0.110 e. The summed E-state index contributed by atoms with van der Waals surface area (Å²) in [6.07, 6.45) is 7.36. The molecule has 0 saturated heterocycles. The molecule has 0 unspecified atom stereocenters. The molecule has 1 N–H and O–H groups in total. The van der Waals surface area contributed by atoms with Crippen molar-refractivity contribution in [3.63, 3.8) is 0 Å². The van der Waals surface area contributed by atoms with E-state index in [0.29, 0.717) is 5.92 Å². The average Bonchev–Trinajstić information content (AvgIpc) is 2.74. The minimum Gasteiger partial charge on any atom is -0.342 e. The maximum atomic E-state index is 4.67. The standard InChI is InChI=1S/C13H15N2/c1-2-6-10(7-3-1)13-14-11-8-4-5-9-12(11)15-13/h1,4-5,8-10H,2-3,6-7H2,(H,14,15). The Morgan fingerprint density at radius 2 is 1.93 bits per heavy atom. The molecule has 3 rings (SSSR count). The van der Waals surface area contributed by atoms with Crippen LogP contribution in [0.4, 0.5) is 0 Å². The smallest absolute Gasteiger partial charge is 0.110 e. The zero-order valence-electron chi connectivity index (χ0n) is 8.74. The highest BCUT2D eigenvalue weighted by Crippen LogP contribution is 2.31. The van der Waals surface area contributed by atoms with Crippen molar-refractivity contribution in [3.05, 3.63) is 36.5 Å². The fraction of sp³-hybridized carbons (Fsp3) is 0.385. The van der Waals surface area contributed by atoms with E-state index in [-0.39, 0.29) is 0 Å². The van der Waals surface area contributed by atoms with Gasteiger partial charge >= 0.3 is 0 Å². The van der Waals surface area contributed by atoms with Crippen LogP contribution in [0.25, 0.3) is 11.0 Å². The van der Waals surface area contributed by atoms with Crippen LogP contribution in [0.2, 0.25) is 0 Å². The number of H-pyrrole nitrogens is 1. The number of rotatable bonds is 1. The van der Waals surface area contributed by atoms with Crippen LogP contribution < -0.4 is 0 Å². The molecular formula is C13H15N2. The van der Waals surface area contributed by atoms with Crippen LogP contribution in [0, 0.1) is 6.42 Å². The largest absolute Gasteiger partial charge is 0.342 e. The number of aromatic nitrogens is 2. The summed E-state index contributed by atoms with van der Waals surface area (Å²) in [6, 6.07) is 8.27. The van der Waals surface area contributed by atoms with E-state index in [1.165, 1.54) is 37.0 Å². The lowest BCUT2D eigenvalue weighted by atomic mass is 9.89. The molecule has 0 amide bonds. The summed E-state index contributed by atoms with van der Waals surface area (Å²) in [4.78, 5) is 8.11. The molecule has 0 atom stereocenters. The number of imidazole rings is 1. The van der Waals surface area contributed by atoms with E-state index in [0.717, 1.165) is 5.52 Å². The molecule has 1 aliphatic carbocycles. The van der Waals surface area contributed by atoms with Crippen LogP contribution in [-0.2, 0) is 0 Å². The summed E-state index contributed by atoms with van der Waals surface area (Å²) in [5, 5.41) is 0. The fourth-order valence-electron chi connectivity index (χ4n) is 2.37. The Kier molecular flexibility index (Phi) is 2.20. The zero-order chi connectivity index (χ0) is 10.1. The minimum atomic E-state index is 0.641. The first-order chi connectivity index (χ1) is 7.43. The van der Waals surface area contributed by atoms with Gasteiger partial charge in [-0.25, -0.2) is 4.98 Å². The zero-order valence-corrected chi connectivity index (χ0v) is 8.74. The molecule has 0 spiro atoms. The van der Waals surface area contributed by atoms with Gasteiger partial charge in [0.05, 0.1) is 11.0 Å². The average molecular weight is 199 g/mol. The number of hydrogen-bond donors (Lipinski definition) is 1. The van der Waals surface area contributed by atoms with Crippen molar-refractivity contribution >= 4 is 11.0 Å². The van der Waals surface area contributed by atoms with Crippen molar-refractivity contribution in [3.8, 4) is 0 Å². The highest BCUT2D eigenvalue weighted by atomic mass is 14.9. The van der Waals surface area contributed by atoms with Gasteiger partial charge in [-0.3, -0.25) is 0 Å². The topological polar surface area (TPSA) is 28.7 Å². The number of fused-ring (bicyclic) bond motifs is 1. The molecule has 0 aliphatic heterocycles. The van der Waals surface area contributed by atoms with Crippen LogP contribution >= 0.6 is 0 Å². The van der Waals surface area contributed by atoms with Gasteiger partial charge in [0.15, 0.2) is 0 Å². The molecule has 1 aromatic carbocycles. The third-order valence-corrected chi connectivity index (χ3v) is 3.23. The number of nitrogens with zero attached hydrogens (tertiary/aromatic N) is 1. The molecule has 0 bridgehead atoms. The summed E-state index contributed by atoms with van der Waals surface area (Å²) >= 11 is 0. The van der Waals surface area contributed by atoms with Crippen molar-refractivity contribution in [2.45, 2.75) is 31.6 Å². The van der Waals surface area contributed by atoms with Gasteiger partial charge in [0.25, 0.3) is 0 Å². The van der Waals surface area contributed by atoms with Gasteiger partial charge in [-0.15, -0.1) is 0 Å². The van der Waals surface area contributed by atoms with Crippen LogP contribution in [0.1, 0.15) is 37.4 Å². The van der Waals surface area contributed by atoms with Gasteiger partial charge in [-0.2, -0.15) is 0 Å². The lowest BCUT2D eigenvalue weighted by Crippen LogP contribution is -2.06. The first kappa shape index (κ1) is 8.96. The Morgan fingerprint density at radius 3 is 2.73 bits per heavy atom. The second-order valence-corrected chi connectivity index (χ2v) is 4.28. The van der Waals surface area contributed by atoms with Crippen LogP contribution in [-0.4, -0.2) is 9.97 Å². The molecule has 77 valence electrons. The molecule has 1 fully saturated rings. The molecule has 1 heterocycles. The summed E-state index contributed by atoms with van der Waals surface area (Å²) in [5.41, 5.74) is 2.27. The highest BCUT2D eigenvalue weighted by Gasteiger charge is 2.18. The Morgan fingerprint density at radius 1 is 1.13 bits per heavy atom. The number of nitrogens with one attached hydrogen (secondary N) is 1. The quantitative estimate of drug-likeness (QED) is 0.749. The minimum absolute atomic E-state index is 0.641. The van der Waals surface area contributed by atoms with Crippen molar-refractivity contribution in [2.24, 2.45) is 0 Å². The molecular weight excluding hydrogens is 184 g/mol. The first-order valence-corrected chi connectivity index (χ1v) is 5.70. The first-order valence-electron chi connectivity index (χ1n) is 5.70. The summed E-state index contributed by atoms with van der Waals surface area (Å²) in [5.74, 6) is 1.83. The van der Waals surface area contributed by atoms with E-state index >= 15 is 0 Å². The summed E-state index contributed by atoms with van der Waals surface area (Å²) in [6.45, 7) is 0. The number of aromatic amines is 1. The molecule has 1 aliphatic rings.